The molecule has 1 aliphatic rings. The molecular weight excluding hydrogens is 444 g/mol. The molecule has 0 bridgehead atoms. The minimum absolute atomic E-state index is 0.00729. The number of rotatable bonds is 4. The van der Waals surface area contributed by atoms with Crippen molar-refractivity contribution in [3.05, 3.63) is 92.9 Å². The lowest BCUT2D eigenvalue weighted by Gasteiger charge is -2.32. The highest BCUT2D eigenvalue weighted by molar-refractivity contribution is 5.96. The molecule has 6 rings (SSSR count). The summed E-state index contributed by atoms with van der Waals surface area (Å²) in [4.78, 5) is 28.4. The van der Waals surface area contributed by atoms with Gasteiger partial charge in [-0.25, -0.2) is 4.79 Å². The Morgan fingerprint density at radius 3 is 2.40 bits per heavy atom. The predicted molar refractivity (Wildman–Crippen MR) is 131 cm³/mol. The molecule has 0 unspecified atom stereocenters. The van der Waals surface area contributed by atoms with Crippen LogP contribution in [-0.2, 0) is 20.6 Å². The first-order valence-electron chi connectivity index (χ1n) is 11.8. The van der Waals surface area contributed by atoms with Crippen LogP contribution in [0.5, 0.6) is 0 Å². The summed E-state index contributed by atoms with van der Waals surface area (Å²) in [5, 5.41) is 9.22. The lowest BCUT2D eigenvalue weighted by Crippen LogP contribution is -2.37. The Morgan fingerprint density at radius 1 is 0.971 bits per heavy atom. The van der Waals surface area contributed by atoms with Crippen molar-refractivity contribution >= 4 is 10.9 Å². The summed E-state index contributed by atoms with van der Waals surface area (Å²) >= 11 is 0. The van der Waals surface area contributed by atoms with E-state index in [1.165, 1.54) is 11.6 Å². The van der Waals surface area contributed by atoms with Gasteiger partial charge < -0.3 is 8.98 Å². The quantitative estimate of drug-likeness (QED) is 0.402. The van der Waals surface area contributed by atoms with E-state index in [4.69, 9.17) is 4.42 Å². The predicted octanol–water partition coefficient (Wildman–Crippen LogP) is 3.37. The molecule has 35 heavy (non-hydrogen) atoms. The number of hydrogen-bond donors (Lipinski definition) is 0. The van der Waals surface area contributed by atoms with Crippen LogP contribution in [0.15, 0.2) is 68.9 Å². The molecule has 0 aliphatic carbocycles. The molecule has 9 nitrogen and oxygen atoms in total. The van der Waals surface area contributed by atoms with E-state index in [9.17, 15) is 9.59 Å². The molecule has 0 radical (unpaired) electrons. The summed E-state index contributed by atoms with van der Waals surface area (Å²) in [5.41, 5.74) is 2.68. The normalized spacial score (nSPS) is 17.7. The molecule has 2 atom stereocenters. The van der Waals surface area contributed by atoms with Crippen molar-refractivity contribution in [1.29, 1.82) is 0 Å². The summed E-state index contributed by atoms with van der Waals surface area (Å²) in [7, 11) is 3.27. The van der Waals surface area contributed by atoms with Crippen LogP contribution >= 0.6 is 0 Å². The van der Waals surface area contributed by atoms with E-state index >= 15 is 0 Å². The summed E-state index contributed by atoms with van der Waals surface area (Å²) in [6, 6.07) is 13.9. The largest absolute Gasteiger partial charge is 0.466 e. The SMILES string of the molecule is Cc1ccc([C@@H]2CC[C@@H](Cn3nccn3)n3c(-c4ccccc4)c4c(=O)n(C)c(=O)n(C)c4c32)o1. The maximum atomic E-state index is 13.7. The average Bonchev–Trinajstić information content (AvgIpc) is 3.61. The first-order chi connectivity index (χ1) is 17.0. The highest BCUT2D eigenvalue weighted by Crippen LogP contribution is 2.47. The maximum absolute atomic E-state index is 13.7. The van der Waals surface area contributed by atoms with E-state index in [-0.39, 0.29) is 23.2 Å². The van der Waals surface area contributed by atoms with Gasteiger partial charge in [-0.3, -0.25) is 13.9 Å². The molecule has 0 spiro atoms. The topological polar surface area (TPSA) is 92.8 Å². The highest BCUT2D eigenvalue weighted by Gasteiger charge is 2.37. The first kappa shape index (κ1) is 21.4. The van der Waals surface area contributed by atoms with E-state index < -0.39 is 0 Å². The molecule has 0 saturated heterocycles. The summed E-state index contributed by atoms with van der Waals surface area (Å²) in [5.74, 6) is 1.58. The Hall–Kier alpha value is -4.14. The molecule has 0 N–H and O–H groups in total. The van der Waals surface area contributed by atoms with Gasteiger partial charge in [0.2, 0.25) is 0 Å². The average molecular weight is 471 g/mol. The van der Waals surface area contributed by atoms with Crippen LogP contribution in [-0.4, -0.2) is 28.7 Å². The number of hydrogen-bond acceptors (Lipinski definition) is 5. The van der Waals surface area contributed by atoms with Gasteiger partial charge in [0, 0.05) is 14.1 Å². The fourth-order valence-corrected chi connectivity index (χ4v) is 5.55. The zero-order valence-electron chi connectivity index (χ0n) is 19.9. The van der Waals surface area contributed by atoms with Crippen molar-refractivity contribution in [3.63, 3.8) is 0 Å². The van der Waals surface area contributed by atoms with Crippen LogP contribution in [0.3, 0.4) is 0 Å². The van der Waals surface area contributed by atoms with Crippen LogP contribution in [0.25, 0.3) is 22.2 Å². The van der Waals surface area contributed by atoms with Gasteiger partial charge in [0.1, 0.15) is 11.5 Å². The van der Waals surface area contributed by atoms with Crippen molar-refractivity contribution in [2.24, 2.45) is 14.1 Å². The fourth-order valence-electron chi connectivity index (χ4n) is 5.55. The van der Waals surface area contributed by atoms with Gasteiger partial charge in [-0.15, -0.1) is 0 Å². The Kier molecular flexibility index (Phi) is 4.87. The molecule has 1 aliphatic heterocycles. The molecule has 9 heteroatoms. The maximum Gasteiger partial charge on any atom is 0.331 e. The summed E-state index contributed by atoms with van der Waals surface area (Å²) in [6.07, 6.45) is 4.99. The van der Waals surface area contributed by atoms with Crippen molar-refractivity contribution < 1.29 is 4.42 Å². The third-order valence-electron chi connectivity index (χ3n) is 7.12. The Morgan fingerprint density at radius 2 is 1.71 bits per heavy atom. The first-order valence-corrected chi connectivity index (χ1v) is 11.8. The van der Waals surface area contributed by atoms with Gasteiger partial charge in [0.15, 0.2) is 0 Å². The molecule has 5 aromatic rings. The number of benzene rings is 1. The Bertz CT molecular complexity index is 1650. The second-order valence-corrected chi connectivity index (χ2v) is 9.22. The van der Waals surface area contributed by atoms with E-state index in [0.29, 0.717) is 17.4 Å². The summed E-state index contributed by atoms with van der Waals surface area (Å²) in [6.45, 7) is 2.48. The molecule has 4 aromatic heterocycles. The Labute approximate surface area is 200 Å². The van der Waals surface area contributed by atoms with Gasteiger partial charge in [0.05, 0.1) is 53.2 Å². The molecule has 178 valence electrons. The standard InChI is InChI=1S/C26H26N6O3/c1-16-9-12-20(35-16)19-11-10-18(15-31-27-13-14-28-31)32-22(17-7-5-4-6-8-17)21-24(23(19)32)29(2)26(34)30(3)25(21)33/h4-9,12-14,18-19H,10-11,15H2,1-3H3/t18-,19-/m0/s1. The van der Waals surface area contributed by atoms with Gasteiger partial charge in [-0.05, 0) is 37.5 Å². The second-order valence-electron chi connectivity index (χ2n) is 9.22. The van der Waals surface area contributed by atoms with Crippen molar-refractivity contribution in [2.75, 3.05) is 0 Å². The highest BCUT2D eigenvalue weighted by atomic mass is 16.3. The third-order valence-corrected chi connectivity index (χ3v) is 7.12. The number of aryl methyl sites for hydroxylation is 2. The lowest BCUT2D eigenvalue weighted by atomic mass is 9.89. The van der Waals surface area contributed by atoms with E-state index in [0.717, 1.165) is 41.3 Å². The monoisotopic (exact) mass is 470 g/mol. The number of furan rings is 1. The molecule has 0 amide bonds. The molecule has 5 heterocycles. The summed E-state index contributed by atoms with van der Waals surface area (Å²) < 4.78 is 11.1. The molecule has 0 fully saturated rings. The number of aromatic nitrogens is 6. The van der Waals surface area contributed by atoms with E-state index in [1.807, 2.05) is 49.4 Å². The number of fused-ring (bicyclic) bond motifs is 3. The zero-order chi connectivity index (χ0) is 24.3. The minimum atomic E-state index is -0.347. The molecule has 0 saturated carbocycles. The van der Waals surface area contributed by atoms with Gasteiger partial charge in [0.25, 0.3) is 5.56 Å². The van der Waals surface area contributed by atoms with E-state index in [1.54, 1.807) is 28.8 Å². The lowest BCUT2D eigenvalue weighted by molar-refractivity contribution is 0.302. The fraction of sp³-hybridized carbons (Fsp3) is 0.308. The van der Waals surface area contributed by atoms with Crippen LogP contribution in [0, 0.1) is 6.92 Å². The van der Waals surface area contributed by atoms with Gasteiger partial charge >= 0.3 is 5.69 Å². The zero-order valence-corrected chi connectivity index (χ0v) is 19.9. The van der Waals surface area contributed by atoms with Crippen molar-refractivity contribution in [1.82, 2.24) is 28.7 Å². The van der Waals surface area contributed by atoms with Crippen molar-refractivity contribution in [3.8, 4) is 11.3 Å². The van der Waals surface area contributed by atoms with Crippen LogP contribution in [0.4, 0.5) is 0 Å². The van der Waals surface area contributed by atoms with Gasteiger partial charge in [-0.2, -0.15) is 15.0 Å². The van der Waals surface area contributed by atoms with E-state index in [2.05, 4.69) is 14.8 Å². The third kappa shape index (κ3) is 3.22. The van der Waals surface area contributed by atoms with Crippen LogP contribution in [0.1, 0.15) is 42.0 Å². The van der Waals surface area contributed by atoms with Gasteiger partial charge in [-0.1, -0.05) is 30.3 Å². The minimum Gasteiger partial charge on any atom is -0.466 e. The Balaban J connectivity index is 1.76. The second kappa shape index (κ2) is 7.97. The number of nitrogens with zero attached hydrogens (tertiary/aromatic N) is 6. The van der Waals surface area contributed by atoms with Crippen LogP contribution in [0.2, 0.25) is 0 Å². The van der Waals surface area contributed by atoms with Crippen LogP contribution < -0.4 is 11.2 Å². The molecular formula is C26H26N6O3. The smallest absolute Gasteiger partial charge is 0.331 e. The molecule has 1 aromatic carbocycles. The van der Waals surface area contributed by atoms with Crippen molar-refractivity contribution in [2.45, 2.75) is 38.3 Å².